The summed E-state index contributed by atoms with van der Waals surface area (Å²) in [6.07, 6.45) is 4.90. The van der Waals surface area contributed by atoms with Gasteiger partial charge in [0, 0.05) is 17.5 Å². The first-order valence-corrected chi connectivity index (χ1v) is 8.18. The molecule has 2 aromatic heterocycles. The van der Waals surface area contributed by atoms with Gasteiger partial charge in [0.25, 0.3) is 0 Å². The Balaban J connectivity index is 1.79. The van der Waals surface area contributed by atoms with E-state index in [0.29, 0.717) is 11.0 Å². The molecule has 0 atom stereocenters. The molecule has 0 saturated carbocycles. The van der Waals surface area contributed by atoms with Crippen molar-refractivity contribution in [1.82, 2.24) is 9.97 Å². The molecule has 21 heavy (non-hydrogen) atoms. The molecular weight excluding hydrogens is 306 g/mol. The van der Waals surface area contributed by atoms with E-state index in [2.05, 4.69) is 22.2 Å². The van der Waals surface area contributed by atoms with Gasteiger partial charge in [-0.1, -0.05) is 31.0 Å². The van der Waals surface area contributed by atoms with Crippen molar-refractivity contribution in [3.8, 4) is 0 Å². The maximum Gasteiger partial charge on any atom is 0.195 e. The molecule has 110 valence electrons. The van der Waals surface area contributed by atoms with Crippen molar-refractivity contribution in [3.05, 3.63) is 39.6 Å². The molecule has 0 amide bonds. The number of nitrogens with one attached hydrogen (secondary N) is 1. The molecule has 0 radical (unpaired) electrons. The predicted molar refractivity (Wildman–Crippen MR) is 87.1 cm³/mol. The number of para-hydroxylation sites is 1. The molecule has 0 unspecified atom stereocenters. The second-order valence-electron chi connectivity index (χ2n) is 4.80. The second kappa shape index (κ2) is 6.45. The van der Waals surface area contributed by atoms with Gasteiger partial charge in [-0.15, -0.1) is 11.3 Å². The van der Waals surface area contributed by atoms with E-state index in [1.807, 2.05) is 18.2 Å². The standard InChI is InChI=1S/C15H16ClN3OS/c1-2-3-7-13-19-14-11(5-4-6-12(14)20-13)17-8-10-9-18-15(16)21-10/h4-6,9,17H,2-3,7-8H2,1H3. The molecule has 0 spiro atoms. The van der Waals surface area contributed by atoms with E-state index >= 15 is 0 Å². The Morgan fingerprint density at radius 2 is 2.29 bits per heavy atom. The van der Waals surface area contributed by atoms with E-state index in [0.717, 1.165) is 46.8 Å². The lowest BCUT2D eigenvalue weighted by molar-refractivity contribution is 0.517. The third kappa shape index (κ3) is 3.36. The lowest BCUT2D eigenvalue weighted by Crippen LogP contribution is -1.98. The lowest BCUT2D eigenvalue weighted by Gasteiger charge is -2.04. The summed E-state index contributed by atoms with van der Waals surface area (Å²) >= 11 is 7.32. The third-order valence-electron chi connectivity index (χ3n) is 3.19. The highest BCUT2D eigenvalue weighted by atomic mass is 35.5. The number of rotatable bonds is 6. The van der Waals surface area contributed by atoms with Gasteiger partial charge >= 0.3 is 0 Å². The van der Waals surface area contributed by atoms with Crippen molar-refractivity contribution < 1.29 is 4.42 Å². The number of halogens is 1. The number of aromatic nitrogens is 2. The average molecular weight is 322 g/mol. The summed E-state index contributed by atoms with van der Waals surface area (Å²) < 4.78 is 6.35. The van der Waals surface area contributed by atoms with Crippen LogP contribution in [0.3, 0.4) is 0 Å². The summed E-state index contributed by atoms with van der Waals surface area (Å²) in [5.74, 6) is 0.807. The van der Waals surface area contributed by atoms with Gasteiger partial charge in [0.2, 0.25) is 0 Å². The van der Waals surface area contributed by atoms with E-state index in [-0.39, 0.29) is 0 Å². The summed E-state index contributed by atoms with van der Waals surface area (Å²) in [6.45, 7) is 2.84. The lowest BCUT2D eigenvalue weighted by atomic mass is 10.2. The minimum absolute atomic E-state index is 0.563. The minimum Gasteiger partial charge on any atom is -0.441 e. The van der Waals surface area contributed by atoms with E-state index in [1.165, 1.54) is 11.3 Å². The van der Waals surface area contributed by atoms with Crippen molar-refractivity contribution in [2.24, 2.45) is 0 Å². The van der Waals surface area contributed by atoms with Gasteiger partial charge < -0.3 is 9.73 Å². The van der Waals surface area contributed by atoms with Crippen molar-refractivity contribution in [1.29, 1.82) is 0 Å². The predicted octanol–water partition coefficient (Wildman–Crippen LogP) is 4.89. The Bertz CT molecular complexity index is 737. The Kier molecular flexibility index (Phi) is 4.41. The van der Waals surface area contributed by atoms with Gasteiger partial charge in [0.1, 0.15) is 5.52 Å². The SMILES string of the molecule is CCCCc1nc2c(NCc3cnc(Cl)s3)cccc2o1. The average Bonchev–Trinajstić information content (AvgIpc) is 3.08. The summed E-state index contributed by atoms with van der Waals surface area (Å²) in [4.78, 5) is 9.73. The van der Waals surface area contributed by atoms with Crippen molar-refractivity contribution >= 4 is 39.7 Å². The number of oxazole rings is 1. The van der Waals surface area contributed by atoms with Crippen LogP contribution in [0.25, 0.3) is 11.1 Å². The fourth-order valence-electron chi connectivity index (χ4n) is 2.12. The van der Waals surface area contributed by atoms with Gasteiger partial charge in [-0.2, -0.15) is 0 Å². The fourth-order valence-corrected chi connectivity index (χ4v) is 3.04. The zero-order valence-corrected chi connectivity index (χ0v) is 13.3. The number of aryl methyl sites for hydroxylation is 1. The first-order valence-electron chi connectivity index (χ1n) is 6.98. The van der Waals surface area contributed by atoms with Crippen LogP contribution in [0.15, 0.2) is 28.8 Å². The van der Waals surface area contributed by atoms with E-state index in [4.69, 9.17) is 16.0 Å². The highest BCUT2D eigenvalue weighted by Crippen LogP contribution is 2.26. The first kappa shape index (κ1) is 14.4. The number of benzene rings is 1. The van der Waals surface area contributed by atoms with Crippen LogP contribution < -0.4 is 5.32 Å². The van der Waals surface area contributed by atoms with Crippen LogP contribution in [0.4, 0.5) is 5.69 Å². The zero-order chi connectivity index (χ0) is 14.7. The maximum atomic E-state index is 5.84. The molecular formula is C15H16ClN3OS. The van der Waals surface area contributed by atoms with Crippen LogP contribution in [0.1, 0.15) is 30.5 Å². The van der Waals surface area contributed by atoms with Crippen LogP contribution in [0.5, 0.6) is 0 Å². The van der Waals surface area contributed by atoms with Crippen LogP contribution >= 0.6 is 22.9 Å². The molecule has 1 N–H and O–H groups in total. The molecule has 0 aliphatic carbocycles. The largest absolute Gasteiger partial charge is 0.441 e. The highest BCUT2D eigenvalue weighted by molar-refractivity contribution is 7.15. The van der Waals surface area contributed by atoms with Gasteiger partial charge in [0.15, 0.2) is 15.9 Å². The smallest absolute Gasteiger partial charge is 0.195 e. The van der Waals surface area contributed by atoms with Gasteiger partial charge in [-0.3, -0.25) is 0 Å². The van der Waals surface area contributed by atoms with Crippen molar-refractivity contribution in [2.75, 3.05) is 5.32 Å². The molecule has 2 heterocycles. The number of unbranched alkanes of at least 4 members (excludes halogenated alkanes) is 1. The molecule has 0 aliphatic rings. The van der Waals surface area contributed by atoms with Gasteiger partial charge in [-0.05, 0) is 18.6 Å². The number of thiazole rings is 1. The topological polar surface area (TPSA) is 51.0 Å². The number of nitrogens with zero attached hydrogens (tertiary/aromatic N) is 2. The monoisotopic (exact) mass is 321 g/mol. The minimum atomic E-state index is 0.563. The molecule has 0 saturated heterocycles. The molecule has 0 bridgehead atoms. The summed E-state index contributed by atoms with van der Waals surface area (Å²) in [7, 11) is 0. The van der Waals surface area contributed by atoms with E-state index in [1.54, 1.807) is 6.20 Å². The van der Waals surface area contributed by atoms with Gasteiger partial charge in [-0.25, -0.2) is 9.97 Å². The van der Waals surface area contributed by atoms with Crippen LogP contribution in [0.2, 0.25) is 4.47 Å². The molecule has 0 fully saturated rings. The number of hydrogen-bond donors (Lipinski definition) is 1. The summed E-state index contributed by atoms with van der Waals surface area (Å²) in [6, 6.07) is 5.93. The number of hydrogen-bond acceptors (Lipinski definition) is 5. The molecule has 3 aromatic rings. The van der Waals surface area contributed by atoms with E-state index in [9.17, 15) is 0 Å². The van der Waals surface area contributed by atoms with Crippen LogP contribution in [-0.4, -0.2) is 9.97 Å². The number of anilines is 1. The Labute approximate surface area is 132 Å². The molecule has 4 nitrogen and oxygen atoms in total. The zero-order valence-electron chi connectivity index (χ0n) is 11.7. The normalized spacial score (nSPS) is 11.1. The van der Waals surface area contributed by atoms with Gasteiger partial charge in [0.05, 0.1) is 12.2 Å². The Morgan fingerprint density at radius 3 is 3.05 bits per heavy atom. The molecule has 0 aliphatic heterocycles. The quantitative estimate of drug-likeness (QED) is 0.702. The summed E-state index contributed by atoms with van der Waals surface area (Å²) in [5, 5.41) is 3.38. The van der Waals surface area contributed by atoms with Crippen molar-refractivity contribution in [2.45, 2.75) is 32.7 Å². The molecule has 1 aromatic carbocycles. The molecule has 3 rings (SSSR count). The number of fused-ring (bicyclic) bond motifs is 1. The Hall–Kier alpha value is -1.59. The second-order valence-corrected chi connectivity index (χ2v) is 6.49. The summed E-state index contributed by atoms with van der Waals surface area (Å²) in [5.41, 5.74) is 2.69. The Morgan fingerprint density at radius 1 is 1.38 bits per heavy atom. The highest BCUT2D eigenvalue weighted by Gasteiger charge is 2.09. The van der Waals surface area contributed by atoms with Crippen molar-refractivity contribution in [3.63, 3.8) is 0 Å². The maximum absolute atomic E-state index is 5.84. The third-order valence-corrected chi connectivity index (χ3v) is 4.30. The van der Waals surface area contributed by atoms with Crippen LogP contribution in [0, 0.1) is 0 Å². The fraction of sp³-hybridized carbons (Fsp3) is 0.333. The first-order chi connectivity index (χ1) is 10.3. The van der Waals surface area contributed by atoms with Crippen LogP contribution in [-0.2, 0) is 13.0 Å². The van der Waals surface area contributed by atoms with E-state index < -0.39 is 0 Å². The molecule has 6 heteroatoms.